The average molecular weight is 372 g/mol. The Bertz CT molecular complexity index is 596. The third-order valence-electron chi connectivity index (χ3n) is 4.10. The fourth-order valence-electron chi connectivity index (χ4n) is 2.83. The van der Waals surface area contributed by atoms with E-state index in [0.29, 0.717) is 24.2 Å². The van der Waals surface area contributed by atoms with E-state index in [4.69, 9.17) is 0 Å². The number of β-amino-alcohol motifs (C(OH)–C–C–N with tert-alkyl or cyclic N) is 1. The Hall–Kier alpha value is -1.28. The molecule has 3 rings (SSSR count). The lowest BCUT2D eigenvalue weighted by molar-refractivity contribution is -0.117. The summed E-state index contributed by atoms with van der Waals surface area (Å²) < 4.78 is 0. The van der Waals surface area contributed by atoms with Crippen LogP contribution in [0, 0.1) is 0 Å². The molecule has 1 aromatic carbocycles. The molecule has 0 aromatic heterocycles. The number of carbonyl (C=O) groups excluding carboxylic acids is 2. The van der Waals surface area contributed by atoms with E-state index < -0.39 is 6.10 Å². The smallest absolute Gasteiger partial charge is 0.253 e. The van der Waals surface area contributed by atoms with Crippen LogP contribution in [0.2, 0.25) is 0 Å². The number of benzene rings is 1. The summed E-state index contributed by atoms with van der Waals surface area (Å²) in [7, 11) is 0. The molecule has 2 heterocycles. The second-order valence-corrected chi connectivity index (χ2v) is 7.05. The number of aliphatic hydroxyl groups excluding tert-OH is 1. The number of anilines is 1. The third-order valence-corrected chi connectivity index (χ3v) is 5.04. The maximum atomic E-state index is 12.5. The van der Waals surface area contributed by atoms with Crippen LogP contribution in [0.4, 0.5) is 5.69 Å². The Balaban J connectivity index is 0.00000208. The first kappa shape index (κ1) is 19.1. The Labute approximate surface area is 151 Å². The van der Waals surface area contributed by atoms with Crippen molar-refractivity contribution in [3.8, 4) is 0 Å². The summed E-state index contributed by atoms with van der Waals surface area (Å²) in [5.74, 6) is 1.77. The van der Waals surface area contributed by atoms with Gasteiger partial charge in [-0.2, -0.15) is 11.8 Å². The lowest BCUT2D eigenvalue weighted by Gasteiger charge is -2.26. The Morgan fingerprint density at radius 1 is 1.29 bits per heavy atom. The molecule has 2 saturated heterocycles. The second kappa shape index (κ2) is 8.71. The maximum absolute atomic E-state index is 12.5. The lowest BCUT2D eigenvalue weighted by atomic mass is 10.1. The molecule has 1 aromatic rings. The molecule has 2 fully saturated rings. The highest BCUT2D eigenvalue weighted by atomic mass is 35.5. The van der Waals surface area contributed by atoms with E-state index in [2.05, 4.69) is 10.6 Å². The molecule has 0 saturated carbocycles. The Kier molecular flexibility index (Phi) is 6.91. The van der Waals surface area contributed by atoms with E-state index >= 15 is 0 Å². The van der Waals surface area contributed by atoms with Crippen LogP contribution in [0.3, 0.4) is 0 Å². The predicted molar refractivity (Wildman–Crippen MR) is 98.0 cm³/mol. The average Bonchev–Trinajstić information content (AvgIpc) is 3.02. The number of amides is 2. The van der Waals surface area contributed by atoms with Crippen LogP contribution < -0.4 is 10.6 Å². The van der Waals surface area contributed by atoms with Crippen molar-refractivity contribution >= 4 is 41.7 Å². The first-order valence-corrected chi connectivity index (χ1v) is 8.98. The molecule has 0 aliphatic carbocycles. The monoisotopic (exact) mass is 371 g/mol. The highest BCUT2D eigenvalue weighted by molar-refractivity contribution is 7.99. The predicted octanol–water partition coefficient (Wildman–Crippen LogP) is 0.959. The van der Waals surface area contributed by atoms with Gasteiger partial charge in [0, 0.05) is 42.4 Å². The van der Waals surface area contributed by atoms with Gasteiger partial charge < -0.3 is 20.6 Å². The quantitative estimate of drug-likeness (QED) is 0.737. The van der Waals surface area contributed by atoms with Crippen LogP contribution in [0.15, 0.2) is 24.3 Å². The van der Waals surface area contributed by atoms with Crippen LogP contribution in [0.1, 0.15) is 16.8 Å². The summed E-state index contributed by atoms with van der Waals surface area (Å²) in [5.41, 5.74) is 1.20. The number of nitrogens with one attached hydrogen (secondary N) is 2. The molecular weight excluding hydrogens is 350 g/mol. The summed E-state index contributed by atoms with van der Waals surface area (Å²) in [6, 6.07) is 6.65. The van der Waals surface area contributed by atoms with Gasteiger partial charge in [-0.3, -0.25) is 9.59 Å². The largest absolute Gasteiger partial charge is 0.392 e. The van der Waals surface area contributed by atoms with Crippen molar-refractivity contribution in [2.45, 2.75) is 18.6 Å². The summed E-state index contributed by atoms with van der Waals surface area (Å²) >= 11 is 1.86. The zero-order chi connectivity index (χ0) is 16.2. The van der Waals surface area contributed by atoms with E-state index in [-0.39, 0.29) is 30.3 Å². The Morgan fingerprint density at radius 2 is 2.04 bits per heavy atom. The van der Waals surface area contributed by atoms with Gasteiger partial charge >= 0.3 is 0 Å². The highest BCUT2D eigenvalue weighted by Crippen LogP contribution is 2.17. The number of halogens is 1. The van der Waals surface area contributed by atoms with E-state index in [1.807, 2.05) is 16.7 Å². The standard InChI is InChI=1S/C16H21N3O3S.ClH/c20-13-9-14(17-10-13)15(21)18-12-3-1-2-11(8-12)16(22)19-4-6-23-7-5-19;/h1-3,8,13-14,17,20H,4-7,9-10H2,(H,18,21);1H. The summed E-state index contributed by atoms with van der Waals surface area (Å²) in [5, 5.41) is 15.3. The van der Waals surface area contributed by atoms with Crippen LogP contribution in [-0.2, 0) is 4.79 Å². The molecule has 0 radical (unpaired) electrons. The minimum atomic E-state index is -0.476. The van der Waals surface area contributed by atoms with Gasteiger partial charge in [0.15, 0.2) is 0 Å². The number of hydrogen-bond acceptors (Lipinski definition) is 5. The van der Waals surface area contributed by atoms with Crippen LogP contribution in [0.25, 0.3) is 0 Å². The number of nitrogens with zero attached hydrogens (tertiary/aromatic N) is 1. The van der Waals surface area contributed by atoms with Crippen molar-refractivity contribution in [1.29, 1.82) is 0 Å². The van der Waals surface area contributed by atoms with Crippen LogP contribution >= 0.6 is 24.2 Å². The number of carbonyl (C=O) groups is 2. The minimum Gasteiger partial charge on any atom is -0.392 e. The molecule has 6 nitrogen and oxygen atoms in total. The van der Waals surface area contributed by atoms with Gasteiger partial charge in [-0.15, -0.1) is 12.4 Å². The van der Waals surface area contributed by atoms with E-state index in [0.717, 1.165) is 24.6 Å². The molecule has 132 valence electrons. The molecule has 0 bridgehead atoms. The van der Waals surface area contributed by atoms with E-state index in [1.54, 1.807) is 24.3 Å². The molecule has 8 heteroatoms. The molecule has 2 aliphatic rings. The van der Waals surface area contributed by atoms with Crippen LogP contribution in [-0.4, -0.2) is 65.1 Å². The Morgan fingerprint density at radius 3 is 2.71 bits per heavy atom. The minimum absolute atomic E-state index is 0. The molecule has 2 amide bonds. The molecule has 24 heavy (non-hydrogen) atoms. The molecule has 2 atom stereocenters. The van der Waals surface area contributed by atoms with Crippen molar-refractivity contribution in [2.24, 2.45) is 0 Å². The third kappa shape index (κ3) is 4.63. The van der Waals surface area contributed by atoms with Gasteiger partial charge in [-0.05, 0) is 24.6 Å². The molecule has 3 N–H and O–H groups in total. The number of rotatable bonds is 3. The number of thioether (sulfide) groups is 1. The van der Waals surface area contributed by atoms with Gasteiger partial charge in [0.2, 0.25) is 5.91 Å². The van der Waals surface area contributed by atoms with Crippen molar-refractivity contribution < 1.29 is 14.7 Å². The van der Waals surface area contributed by atoms with Gasteiger partial charge in [0.1, 0.15) is 0 Å². The first-order valence-electron chi connectivity index (χ1n) is 7.83. The maximum Gasteiger partial charge on any atom is 0.253 e. The second-order valence-electron chi connectivity index (χ2n) is 5.82. The van der Waals surface area contributed by atoms with Gasteiger partial charge in [-0.1, -0.05) is 6.07 Å². The van der Waals surface area contributed by atoms with Gasteiger partial charge in [0.25, 0.3) is 5.91 Å². The van der Waals surface area contributed by atoms with Crippen molar-refractivity contribution in [3.63, 3.8) is 0 Å². The van der Waals surface area contributed by atoms with Crippen molar-refractivity contribution in [3.05, 3.63) is 29.8 Å². The number of aliphatic hydroxyl groups is 1. The normalized spacial score (nSPS) is 23.5. The first-order chi connectivity index (χ1) is 11.1. The number of hydrogen-bond donors (Lipinski definition) is 3. The topological polar surface area (TPSA) is 81.7 Å². The van der Waals surface area contributed by atoms with E-state index in [1.165, 1.54) is 0 Å². The van der Waals surface area contributed by atoms with Crippen molar-refractivity contribution in [1.82, 2.24) is 10.2 Å². The highest BCUT2D eigenvalue weighted by Gasteiger charge is 2.28. The molecule has 0 spiro atoms. The summed E-state index contributed by atoms with van der Waals surface area (Å²) in [4.78, 5) is 26.5. The fourth-order valence-corrected chi connectivity index (χ4v) is 3.73. The molecule has 2 unspecified atom stereocenters. The summed E-state index contributed by atoms with van der Waals surface area (Å²) in [6.45, 7) is 1.97. The lowest BCUT2D eigenvalue weighted by Crippen LogP contribution is -2.38. The summed E-state index contributed by atoms with van der Waals surface area (Å²) in [6.07, 6.45) is -0.0637. The zero-order valence-electron chi connectivity index (χ0n) is 13.2. The zero-order valence-corrected chi connectivity index (χ0v) is 14.9. The fraction of sp³-hybridized carbons (Fsp3) is 0.500. The SMILES string of the molecule is Cl.O=C(Nc1cccc(C(=O)N2CCSCC2)c1)C1CC(O)CN1. The van der Waals surface area contributed by atoms with Crippen LogP contribution in [0.5, 0.6) is 0 Å². The van der Waals surface area contributed by atoms with Crippen molar-refractivity contribution in [2.75, 3.05) is 36.5 Å². The van der Waals surface area contributed by atoms with Gasteiger partial charge in [-0.25, -0.2) is 0 Å². The molecule has 2 aliphatic heterocycles. The van der Waals surface area contributed by atoms with E-state index in [9.17, 15) is 14.7 Å². The molecular formula is C16H22ClN3O3S. The van der Waals surface area contributed by atoms with Gasteiger partial charge in [0.05, 0.1) is 12.1 Å².